The number of carbonyl (C=O) groups is 3. The minimum absolute atomic E-state index is 0.0419. The first-order valence-corrected chi connectivity index (χ1v) is 8.28. The van der Waals surface area contributed by atoms with Gasteiger partial charge in [0.25, 0.3) is 0 Å². The summed E-state index contributed by atoms with van der Waals surface area (Å²) in [6, 6.07) is 2.76. The second-order valence-electron chi connectivity index (χ2n) is 7.07. The fourth-order valence-corrected chi connectivity index (χ4v) is 4.38. The maximum absolute atomic E-state index is 13.0. The highest BCUT2D eigenvalue weighted by atomic mass is 16.3. The number of amides is 3. The van der Waals surface area contributed by atoms with Crippen molar-refractivity contribution >= 4 is 17.7 Å². The van der Waals surface area contributed by atoms with Crippen LogP contribution in [0.15, 0.2) is 35.0 Å². The third kappa shape index (κ3) is 2.05. The van der Waals surface area contributed by atoms with Crippen molar-refractivity contribution in [3.63, 3.8) is 0 Å². The van der Waals surface area contributed by atoms with Gasteiger partial charge in [0.15, 0.2) is 0 Å². The topological polar surface area (TPSA) is 70.8 Å². The lowest BCUT2D eigenvalue weighted by Gasteiger charge is -2.27. The monoisotopic (exact) mass is 328 g/mol. The lowest BCUT2D eigenvalue weighted by molar-refractivity contribution is -0.145. The average Bonchev–Trinajstić information content (AvgIpc) is 3.30. The van der Waals surface area contributed by atoms with Gasteiger partial charge in [0.05, 0.1) is 24.5 Å². The van der Waals surface area contributed by atoms with E-state index in [0.717, 1.165) is 6.42 Å². The number of allylic oxidation sites excluding steroid dienone is 2. The molecule has 24 heavy (non-hydrogen) atoms. The Kier molecular flexibility index (Phi) is 3.37. The van der Waals surface area contributed by atoms with Gasteiger partial charge < -0.3 is 9.32 Å². The van der Waals surface area contributed by atoms with Crippen molar-refractivity contribution in [1.29, 1.82) is 0 Å². The molecule has 2 aliphatic carbocycles. The van der Waals surface area contributed by atoms with E-state index in [9.17, 15) is 14.4 Å². The third-order valence-electron chi connectivity index (χ3n) is 5.55. The third-order valence-corrected chi connectivity index (χ3v) is 5.55. The van der Waals surface area contributed by atoms with Crippen LogP contribution in [-0.4, -0.2) is 41.6 Å². The number of nitrogens with zero attached hydrogens (tertiary/aromatic N) is 2. The Hall–Kier alpha value is -2.37. The fraction of sp³-hybridized carbons (Fsp3) is 0.500. The zero-order valence-electron chi connectivity index (χ0n) is 13.7. The first-order chi connectivity index (χ1) is 11.5. The van der Waals surface area contributed by atoms with Crippen molar-refractivity contribution in [2.45, 2.75) is 18.9 Å². The summed E-state index contributed by atoms with van der Waals surface area (Å²) in [4.78, 5) is 40.9. The molecule has 2 heterocycles. The molecule has 2 bridgehead atoms. The molecule has 1 saturated carbocycles. The van der Waals surface area contributed by atoms with Crippen LogP contribution >= 0.6 is 0 Å². The molecule has 126 valence electrons. The van der Waals surface area contributed by atoms with Crippen molar-refractivity contribution in [2.24, 2.45) is 23.7 Å². The van der Waals surface area contributed by atoms with Crippen molar-refractivity contribution in [3.05, 3.63) is 36.3 Å². The van der Waals surface area contributed by atoms with Crippen LogP contribution in [0, 0.1) is 23.7 Å². The summed E-state index contributed by atoms with van der Waals surface area (Å²) in [5.41, 5.74) is 0. The molecule has 1 aromatic rings. The first kappa shape index (κ1) is 15.2. The minimum Gasteiger partial charge on any atom is -0.467 e. The Morgan fingerprint density at radius 2 is 1.88 bits per heavy atom. The number of hydrogen-bond acceptors (Lipinski definition) is 4. The lowest BCUT2D eigenvalue weighted by Crippen LogP contribution is -2.39. The average molecular weight is 328 g/mol. The lowest BCUT2D eigenvalue weighted by atomic mass is 9.85. The minimum atomic E-state index is -0.667. The van der Waals surface area contributed by atoms with E-state index in [4.69, 9.17) is 4.42 Å². The maximum atomic E-state index is 13.0. The smallest absolute Gasteiger partial charge is 0.234 e. The molecule has 6 nitrogen and oxygen atoms in total. The molecule has 5 unspecified atom stereocenters. The molecule has 2 fully saturated rings. The molecule has 6 heteroatoms. The highest BCUT2D eigenvalue weighted by Crippen LogP contribution is 2.54. The van der Waals surface area contributed by atoms with Gasteiger partial charge in [0.1, 0.15) is 11.8 Å². The molecule has 3 amide bonds. The van der Waals surface area contributed by atoms with E-state index in [0.29, 0.717) is 5.76 Å². The normalized spacial score (nSPS) is 31.7. The van der Waals surface area contributed by atoms with E-state index in [1.54, 1.807) is 26.2 Å². The van der Waals surface area contributed by atoms with Crippen molar-refractivity contribution in [1.82, 2.24) is 9.80 Å². The standard InChI is InChI=1S/C18H20N2O4/c1-19(2)14(21)9-12(13-4-3-7-24-13)20-17(22)15-10-5-6-11(8-10)16(15)18(20)23/h3-7,10-12,15-16H,8-9H2,1-2H3. The van der Waals surface area contributed by atoms with Gasteiger partial charge in [0.2, 0.25) is 17.7 Å². The molecule has 3 aliphatic rings. The Labute approximate surface area is 140 Å². The van der Waals surface area contributed by atoms with Gasteiger partial charge in [-0.15, -0.1) is 0 Å². The Balaban J connectivity index is 1.67. The number of fused-ring (bicyclic) bond motifs is 5. The summed E-state index contributed by atoms with van der Waals surface area (Å²) in [5.74, 6) is -0.197. The van der Waals surface area contributed by atoms with Crippen LogP contribution in [-0.2, 0) is 14.4 Å². The van der Waals surface area contributed by atoms with Gasteiger partial charge in [0, 0.05) is 14.1 Å². The number of hydrogen-bond donors (Lipinski definition) is 0. The highest BCUT2D eigenvalue weighted by molar-refractivity contribution is 6.07. The van der Waals surface area contributed by atoms with Gasteiger partial charge in [-0.2, -0.15) is 0 Å². The van der Waals surface area contributed by atoms with Crippen molar-refractivity contribution in [2.75, 3.05) is 14.1 Å². The number of furan rings is 1. The second-order valence-corrected chi connectivity index (χ2v) is 7.07. The summed E-state index contributed by atoms with van der Waals surface area (Å²) in [6.45, 7) is 0. The van der Waals surface area contributed by atoms with Gasteiger partial charge in [-0.3, -0.25) is 19.3 Å². The van der Waals surface area contributed by atoms with Crippen LogP contribution in [0.3, 0.4) is 0 Å². The van der Waals surface area contributed by atoms with E-state index in [1.165, 1.54) is 16.1 Å². The zero-order valence-corrected chi connectivity index (χ0v) is 13.7. The molecule has 1 saturated heterocycles. The zero-order chi connectivity index (χ0) is 17.0. The largest absolute Gasteiger partial charge is 0.467 e. The van der Waals surface area contributed by atoms with E-state index in [1.807, 2.05) is 0 Å². The summed E-state index contributed by atoms with van der Waals surface area (Å²) in [5, 5.41) is 0. The highest BCUT2D eigenvalue weighted by Gasteiger charge is 2.60. The molecular weight excluding hydrogens is 308 g/mol. The molecule has 5 atom stereocenters. The fourth-order valence-electron chi connectivity index (χ4n) is 4.38. The maximum Gasteiger partial charge on any atom is 0.234 e. The molecule has 1 aliphatic heterocycles. The SMILES string of the molecule is CN(C)C(=O)CC(c1ccco1)N1C(=O)C2C3C=CC(C3)C2C1=O. The first-order valence-electron chi connectivity index (χ1n) is 8.28. The summed E-state index contributed by atoms with van der Waals surface area (Å²) in [7, 11) is 3.32. The summed E-state index contributed by atoms with van der Waals surface area (Å²) < 4.78 is 5.44. The van der Waals surface area contributed by atoms with Gasteiger partial charge in [-0.25, -0.2) is 0 Å². The predicted octanol–water partition coefficient (Wildman–Crippen LogP) is 1.61. The van der Waals surface area contributed by atoms with Gasteiger partial charge in [-0.05, 0) is 30.4 Å². The van der Waals surface area contributed by atoms with Crippen LogP contribution in [0.5, 0.6) is 0 Å². The Morgan fingerprint density at radius 1 is 1.25 bits per heavy atom. The Morgan fingerprint density at radius 3 is 2.38 bits per heavy atom. The number of likely N-dealkylation sites (tertiary alicyclic amines) is 1. The predicted molar refractivity (Wildman–Crippen MR) is 84.3 cm³/mol. The van der Waals surface area contributed by atoms with Crippen molar-refractivity contribution in [3.8, 4) is 0 Å². The van der Waals surface area contributed by atoms with E-state index in [2.05, 4.69) is 12.2 Å². The van der Waals surface area contributed by atoms with Crippen LogP contribution < -0.4 is 0 Å². The molecule has 4 rings (SSSR count). The van der Waals surface area contributed by atoms with Crippen molar-refractivity contribution < 1.29 is 18.8 Å². The number of carbonyl (C=O) groups excluding carboxylic acids is 3. The quantitative estimate of drug-likeness (QED) is 0.622. The molecular formula is C18H20N2O4. The Bertz CT molecular complexity index is 691. The van der Waals surface area contributed by atoms with E-state index >= 15 is 0 Å². The number of imide groups is 1. The van der Waals surface area contributed by atoms with Gasteiger partial charge >= 0.3 is 0 Å². The van der Waals surface area contributed by atoms with E-state index in [-0.39, 0.29) is 47.8 Å². The van der Waals surface area contributed by atoms with E-state index < -0.39 is 6.04 Å². The number of rotatable bonds is 4. The molecule has 0 aromatic carbocycles. The van der Waals surface area contributed by atoms with Crippen LogP contribution in [0.25, 0.3) is 0 Å². The van der Waals surface area contributed by atoms with Crippen LogP contribution in [0.4, 0.5) is 0 Å². The molecule has 1 aromatic heterocycles. The van der Waals surface area contributed by atoms with Crippen LogP contribution in [0.1, 0.15) is 24.6 Å². The summed E-state index contributed by atoms with van der Waals surface area (Å²) >= 11 is 0. The van der Waals surface area contributed by atoms with Crippen LogP contribution in [0.2, 0.25) is 0 Å². The molecule has 0 radical (unpaired) electrons. The second kappa shape index (κ2) is 5.33. The molecule has 0 N–H and O–H groups in total. The van der Waals surface area contributed by atoms with Gasteiger partial charge in [-0.1, -0.05) is 12.2 Å². The molecule has 0 spiro atoms. The summed E-state index contributed by atoms with van der Waals surface area (Å²) in [6.07, 6.45) is 6.56.